The molecule has 0 spiro atoms. The van der Waals surface area contributed by atoms with Crippen molar-refractivity contribution in [1.82, 2.24) is 14.5 Å². The lowest BCUT2D eigenvalue weighted by atomic mass is 10.00. The van der Waals surface area contributed by atoms with Gasteiger partial charge in [-0.2, -0.15) is 10.5 Å². The first-order valence-corrected chi connectivity index (χ1v) is 14.2. The zero-order valence-electron chi connectivity index (χ0n) is 24.3. The second-order valence-corrected chi connectivity index (χ2v) is 11.3. The van der Waals surface area contributed by atoms with Gasteiger partial charge in [-0.25, -0.2) is 19.2 Å². The van der Waals surface area contributed by atoms with Crippen molar-refractivity contribution in [3.05, 3.63) is 112 Å². The summed E-state index contributed by atoms with van der Waals surface area (Å²) < 4.78 is 27.1. The lowest BCUT2D eigenvalue weighted by Crippen LogP contribution is -2.12. The van der Waals surface area contributed by atoms with Crippen LogP contribution in [0.4, 0.5) is 4.39 Å². The molecule has 3 aromatic carbocycles. The maximum absolute atomic E-state index is 14.3. The van der Waals surface area contributed by atoms with Crippen molar-refractivity contribution in [2.75, 3.05) is 7.11 Å². The normalized spacial score (nSPS) is 13.2. The molecule has 1 aliphatic rings. The topological polar surface area (TPSA) is 114 Å². The third-order valence-corrected chi connectivity index (χ3v) is 8.05. The van der Waals surface area contributed by atoms with E-state index < -0.39 is 11.8 Å². The highest BCUT2D eigenvalue weighted by molar-refractivity contribution is 5.93. The fourth-order valence-corrected chi connectivity index (χ4v) is 5.19. The predicted molar refractivity (Wildman–Crippen MR) is 161 cm³/mol. The molecule has 1 fully saturated rings. The van der Waals surface area contributed by atoms with Crippen LogP contribution in [0.25, 0.3) is 22.3 Å². The number of benzene rings is 3. The Bertz CT molecular complexity index is 2000. The molecule has 0 radical (unpaired) electrons. The number of hydrogen-bond donors (Lipinski definition) is 0. The van der Waals surface area contributed by atoms with Crippen molar-refractivity contribution in [3.8, 4) is 29.3 Å². The number of carbonyl (C=O) groups excluding carboxylic acids is 1. The van der Waals surface area contributed by atoms with E-state index in [-0.39, 0.29) is 17.6 Å². The van der Waals surface area contributed by atoms with Gasteiger partial charge in [0.1, 0.15) is 18.2 Å². The molecule has 0 N–H and O–H groups in total. The van der Waals surface area contributed by atoms with Crippen molar-refractivity contribution in [2.45, 2.75) is 39.3 Å². The quantitative estimate of drug-likeness (QED) is 0.176. The molecule has 0 saturated heterocycles. The molecule has 0 aliphatic heterocycles. The molecular formula is C35H28FN5O3. The number of ether oxygens (including phenoxy) is 2. The van der Waals surface area contributed by atoms with Gasteiger partial charge in [-0.3, -0.25) is 0 Å². The van der Waals surface area contributed by atoms with Gasteiger partial charge in [0.2, 0.25) is 5.88 Å². The maximum Gasteiger partial charge on any atom is 0.337 e. The molecule has 1 saturated carbocycles. The Balaban J connectivity index is 1.26. The molecule has 8 nitrogen and oxygen atoms in total. The number of esters is 1. The number of imidazole rings is 1. The number of pyridine rings is 1. The summed E-state index contributed by atoms with van der Waals surface area (Å²) in [6, 6.07) is 24.8. The van der Waals surface area contributed by atoms with E-state index in [1.54, 1.807) is 24.3 Å². The number of fused-ring (bicyclic) bond motifs is 1. The van der Waals surface area contributed by atoms with Gasteiger partial charge in [0.25, 0.3) is 0 Å². The van der Waals surface area contributed by atoms with Crippen molar-refractivity contribution >= 4 is 17.0 Å². The summed E-state index contributed by atoms with van der Waals surface area (Å²) in [6.45, 7) is 2.97. The van der Waals surface area contributed by atoms with E-state index in [0.29, 0.717) is 34.7 Å². The van der Waals surface area contributed by atoms with Gasteiger partial charge in [0.05, 0.1) is 52.7 Å². The Morgan fingerprint density at radius 3 is 2.55 bits per heavy atom. The number of carbonyl (C=O) groups is 1. The lowest BCUT2D eigenvalue weighted by molar-refractivity contribution is 0.0601. The SMILES string of the molecule is COC(=O)c1ccc2nc(Cc3ccc(-c4cccc(OCc5ccc(C#N)cc5F)n4)cc3C#N)n(CC3(C)CC3)c2c1. The second-order valence-electron chi connectivity index (χ2n) is 11.3. The zero-order valence-corrected chi connectivity index (χ0v) is 24.3. The third-order valence-electron chi connectivity index (χ3n) is 8.05. The standard InChI is InChI=1S/C35H28FN5O3/c1-35(12-13-35)21-41-31-16-25(34(42)43-2)10-11-30(31)39-32(41)17-23-8-9-24(15-27(23)19-38)29-4-3-5-33(40-29)44-20-26-7-6-22(18-37)14-28(26)36/h3-11,14-16H,12-13,17,20-21H2,1-2H3. The van der Waals surface area contributed by atoms with E-state index in [0.717, 1.165) is 47.4 Å². The number of nitrogens with zero attached hydrogens (tertiary/aromatic N) is 5. The van der Waals surface area contributed by atoms with Gasteiger partial charge in [-0.1, -0.05) is 31.2 Å². The van der Waals surface area contributed by atoms with Crippen LogP contribution in [0.1, 0.15) is 58.2 Å². The monoisotopic (exact) mass is 585 g/mol. The third kappa shape index (κ3) is 5.86. The average Bonchev–Trinajstić information content (AvgIpc) is 3.69. The number of methoxy groups -OCH3 is 1. The van der Waals surface area contributed by atoms with Crippen molar-refractivity contribution in [3.63, 3.8) is 0 Å². The van der Waals surface area contributed by atoms with Crippen molar-refractivity contribution in [2.24, 2.45) is 5.41 Å². The summed E-state index contributed by atoms with van der Waals surface area (Å²) in [6.07, 6.45) is 2.69. The molecule has 9 heteroatoms. The summed E-state index contributed by atoms with van der Waals surface area (Å²) in [5.41, 5.74) is 5.53. The van der Waals surface area contributed by atoms with Crippen molar-refractivity contribution in [1.29, 1.82) is 10.5 Å². The van der Waals surface area contributed by atoms with Crippen LogP contribution < -0.4 is 4.74 Å². The van der Waals surface area contributed by atoms with Crippen LogP contribution in [0.5, 0.6) is 5.88 Å². The van der Waals surface area contributed by atoms with Crippen LogP contribution in [0, 0.1) is 33.9 Å². The first-order valence-electron chi connectivity index (χ1n) is 14.2. The maximum atomic E-state index is 14.3. The largest absolute Gasteiger partial charge is 0.473 e. The smallest absolute Gasteiger partial charge is 0.337 e. The number of halogens is 1. The van der Waals surface area contributed by atoms with Gasteiger partial charge in [-0.15, -0.1) is 0 Å². The molecule has 0 amide bonds. The molecule has 2 heterocycles. The van der Waals surface area contributed by atoms with E-state index in [2.05, 4.69) is 22.5 Å². The van der Waals surface area contributed by atoms with Crippen molar-refractivity contribution < 1.29 is 18.7 Å². The molecule has 44 heavy (non-hydrogen) atoms. The number of rotatable bonds is 9. The summed E-state index contributed by atoms with van der Waals surface area (Å²) in [5, 5.41) is 19.0. The van der Waals surface area contributed by atoms with E-state index >= 15 is 0 Å². The van der Waals surface area contributed by atoms with Crippen LogP contribution in [0.3, 0.4) is 0 Å². The molecule has 0 atom stereocenters. The fraction of sp³-hybridized carbons (Fsp3) is 0.229. The van der Waals surface area contributed by atoms with E-state index in [1.165, 1.54) is 25.3 Å². The van der Waals surface area contributed by atoms with E-state index in [1.807, 2.05) is 36.4 Å². The van der Waals surface area contributed by atoms with E-state index in [9.17, 15) is 14.4 Å². The summed E-state index contributed by atoms with van der Waals surface area (Å²) in [7, 11) is 1.37. The molecule has 1 aliphatic carbocycles. The van der Waals surface area contributed by atoms with Gasteiger partial charge < -0.3 is 14.0 Å². The highest BCUT2D eigenvalue weighted by Gasteiger charge is 2.38. The predicted octanol–water partition coefficient (Wildman–Crippen LogP) is 6.74. The minimum absolute atomic E-state index is 0.0441. The first kappa shape index (κ1) is 28.6. The number of hydrogen-bond acceptors (Lipinski definition) is 7. The van der Waals surface area contributed by atoms with Crippen LogP contribution in [0.2, 0.25) is 0 Å². The summed E-state index contributed by atoms with van der Waals surface area (Å²) >= 11 is 0. The molecule has 0 bridgehead atoms. The molecule has 218 valence electrons. The van der Waals surface area contributed by atoms with Crippen LogP contribution in [-0.4, -0.2) is 27.6 Å². The molecular weight excluding hydrogens is 557 g/mol. The fourth-order valence-electron chi connectivity index (χ4n) is 5.19. The average molecular weight is 586 g/mol. The highest BCUT2D eigenvalue weighted by atomic mass is 19.1. The molecule has 0 unspecified atom stereocenters. The zero-order chi connectivity index (χ0) is 30.8. The lowest BCUT2D eigenvalue weighted by Gasteiger charge is -2.15. The molecule has 5 aromatic rings. The van der Waals surface area contributed by atoms with Crippen LogP contribution >= 0.6 is 0 Å². The summed E-state index contributed by atoms with van der Waals surface area (Å²) in [5.74, 6) is 0.217. The van der Waals surface area contributed by atoms with Gasteiger partial charge >= 0.3 is 5.97 Å². The van der Waals surface area contributed by atoms with Crippen LogP contribution in [-0.2, 0) is 24.3 Å². The number of aromatic nitrogens is 3. The van der Waals surface area contributed by atoms with Gasteiger partial charge in [0, 0.05) is 30.2 Å². The van der Waals surface area contributed by atoms with Gasteiger partial charge in [-0.05, 0) is 66.3 Å². The van der Waals surface area contributed by atoms with E-state index in [4.69, 9.17) is 19.7 Å². The Morgan fingerprint density at radius 2 is 1.82 bits per heavy atom. The first-order chi connectivity index (χ1) is 21.3. The highest BCUT2D eigenvalue weighted by Crippen LogP contribution is 2.47. The molecule has 6 rings (SSSR count). The minimum atomic E-state index is -0.516. The second kappa shape index (κ2) is 11.6. The molecule has 2 aromatic heterocycles. The minimum Gasteiger partial charge on any atom is -0.473 e. The van der Waals surface area contributed by atoms with Gasteiger partial charge in [0.15, 0.2) is 0 Å². The summed E-state index contributed by atoms with van der Waals surface area (Å²) in [4.78, 5) is 21.7. The Labute approximate surface area is 253 Å². The Kier molecular flexibility index (Phi) is 7.55. The Morgan fingerprint density at radius 1 is 1.00 bits per heavy atom. The number of nitriles is 2. The Hall–Kier alpha value is -5.54. The van der Waals surface area contributed by atoms with Crippen LogP contribution in [0.15, 0.2) is 72.8 Å².